The monoisotopic (exact) mass is 346 g/mol. The minimum atomic E-state index is 0.144. The van der Waals surface area contributed by atoms with Crippen LogP contribution in [0.5, 0.6) is 0 Å². The van der Waals surface area contributed by atoms with Crippen molar-refractivity contribution in [3.63, 3.8) is 0 Å². The van der Waals surface area contributed by atoms with Crippen molar-refractivity contribution in [2.24, 2.45) is 0 Å². The molecule has 2 aromatic rings. The molecular formula is C16H19ClN6O. The van der Waals surface area contributed by atoms with E-state index in [2.05, 4.69) is 25.2 Å². The number of pyridine rings is 1. The van der Waals surface area contributed by atoms with Crippen molar-refractivity contribution in [1.29, 1.82) is 0 Å². The van der Waals surface area contributed by atoms with Gasteiger partial charge < -0.3 is 15.1 Å². The van der Waals surface area contributed by atoms with E-state index in [-0.39, 0.29) is 5.91 Å². The van der Waals surface area contributed by atoms with E-state index in [1.54, 1.807) is 36.8 Å². The third-order valence-electron chi connectivity index (χ3n) is 3.84. The number of hydrogen-bond acceptors (Lipinski definition) is 6. The van der Waals surface area contributed by atoms with Gasteiger partial charge in [0.05, 0.1) is 5.02 Å². The van der Waals surface area contributed by atoms with Crippen LogP contribution in [0.1, 0.15) is 6.42 Å². The Bertz CT molecular complexity index is 658. The van der Waals surface area contributed by atoms with Crippen LogP contribution in [0.25, 0.3) is 0 Å². The van der Waals surface area contributed by atoms with Crippen LogP contribution in [0, 0.1) is 0 Å². The van der Waals surface area contributed by atoms with Gasteiger partial charge in [-0.25, -0.2) is 15.0 Å². The summed E-state index contributed by atoms with van der Waals surface area (Å²) in [6, 6.07) is 5.36. The maximum Gasteiger partial charge on any atom is 0.225 e. The Kier molecular flexibility index (Phi) is 5.43. The smallest absolute Gasteiger partial charge is 0.225 e. The molecule has 8 heteroatoms. The summed E-state index contributed by atoms with van der Waals surface area (Å²) in [5.74, 6) is 1.59. The summed E-state index contributed by atoms with van der Waals surface area (Å²) in [5.41, 5.74) is 0. The average molecular weight is 347 g/mol. The molecule has 3 rings (SSSR count). The van der Waals surface area contributed by atoms with Crippen molar-refractivity contribution in [3.8, 4) is 0 Å². The first-order chi connectivity index (χ1) is 11.7. The van der Waals surface area contributed by atoms with Gasteiger partial charge in [-0.2, -0.15) is 0 Å². The lowest BCUT2D eigenvalue weighted by Gasteiger charge is -2.34. The predicted octanol–water partition coefficient (Wildman–Crippen LogP) is 1.68. The van der Waals surface area contributed by atoms with Crippen LogP contribution < -0.4 is 10.2 Å². The van der Waals surface area contributed by atoms with Crippen molar-refractivity contribution < 1.29 is 4.79 Å². The highest BCUT2D eigenvalue weighted by Gasteiger charge is 2.21. The number of aromatic nitrogens is 3. The predicted molar refractivity (Wildman–Crippen MR) is 93.2 cm³/mol. The lowest BCUT2D eigenvalue weighted by atomic mass is 10.3. The second-order valence-electron chi connectivity index (χ2n) is 5.46. The largest absolute Gasteiger partial charge is 0.370 e. The molecule has 0 aromatic carbocycles. The lowest BCUT2D eigenvalue weighted by Crippen LogP contribution is -2.49. The van der Waals surface area contributed by atoms with Crippen molar-refractivity contribution >= 4 is 29.3 Å². The molecule has 1 aliphatic rings. The molecule has 3 heterocycles. The number of anilines is 2. The standard InChI is InChI=1S/C16H19ClN6O/c17-13-2-3-14(21-12-13)18-7-4-15(24)22-8-10-23(11-9-22)16-19-5-1-6-20-16/h1-3,5-6,12H,4,7-11H2,(H,18,21). The van der Waals surface area contributed by atoms with Gasteiger partial charge in [0, 0.05) is 57.7 Å². The maximum atomic E-state index is 12.3. The van der Waals surface area contributed by atoms with Crippen LogP contribution in [-0.2, 0) is 4.79 Å². The van der Waals surface area contributed by atoms with E-state index >= 15 is 0 Å². The van der Waals surface area contributed by atoms with E-state index in [0.29, 0.717) is 31.1 Å². The molecule has 0 radical (unpaired) electrons. The zero-order chi connectivity index (χ0) is 16.8. The molecule has 126 valence electrons. The van der Waals surface area contributed by atoms with Crippen LogP contribution in [0.2, 0.25) is 5.02 Å². The van der Waals surface area contributed by atoms with E-state index in [1.807, 2.05) is 4.90 Å². The third kappa shape index (κ3) is 4.32. The molecule has 0 atom stereocenters. The topological polar surface area (TPSA) is 74.2 Å². The summed E-state index contributed by atoms with van der Waals surface area (Å²) in [4.78, 5) is 28.9. The lowest BCUT2D eigenvalue weighted by molar-refractivity contribution is -0.131. The Labute approximate surface area is 145 Å². The SMILES string of the molecule is O=C(CCNc1ccc(Cl)cn1)N1CCN(c2ncccn2)CC1. The molecule has 1 aliphatic heterocycles. The Morgan fingerprint density at radius 3 is 2.54 bits per heavy atom. The van der Waals surface area contributed by atoms with Crippen molar-refractivity contribution in [2.75, 3.05) is 42.9 Å². The Hall–Kier alpha value is -2.41. The van der Waals surface area contributed by atoms with Gasteiger partial charge in [-0.15, -0.1) is 0 Å². The van der Waals surface area contributed by atoms with Gasteiger partial charge in [0.25, 0.3) is 0 Å². The molecule has 1 saturated heterocycles. The number of hydrogen-bond donors (Lipinski definition) is 1. The first-order valence-corrected chi connectivity index (χ1v) is 8.25. The molecule has 1 amide bonds. The third-order valence-corrected chi connectivity index (χ3v) is 4.06. The molecule has 0 spiro atoms. The first-order valence-electron chi connectivity index (χ1n) is 7.87. The number of piperazine rings is 1. The van der Waals surface area contributed by atoms with E-state index in [4.69, 9.17) is 11.6 Å². The van der Waals surface area contributed by atoms with Gasteiger partial charge in [0.2, 0.25) is 11.9 Å². The summed E-state index contributed by atoms with van der Waals surface area (Å²) < 4.78 is 0. The number of carbonyl (C=O) groups is 1. The van der Waals surface area contributed by atoms with E-state index in [9.17, 15) is 4.79 Å². The maximum absolute atomic E-state index is 12.3. The second kappa shape index (κ2) is 7.92. The van der Waals surface area contributed by atoms with E-state index in [0.717, 1.165) is 24.9 Å². The van der Waals surface area contributed by atoms with Gasteiger partial charge >= 0.3 is 0 Å². The molecule has 0 unspecified atom stereocenters. The minimum Gasteiger partial charge on any atom is -0.370 e. The first kappa shape index (κ1) is 16.4. The fourth-order valence-electron chi connectivity index (χ4n) is 2.55. The highest BCUT2D eigenvalue weighted by Crippen LogP contribution is 2.11. The molecule has 0 bridgehead atoms. The number of rotatable bonds is 5. The van der Waals surface area contributed by atoms with Gasteiger partial charge in [-0.05, 0) is 18.2 Å². The number of carbonyl (C=O) groups excluding carboxylic acids is 1. The highest BCUT2D eigenvalue weighted by molar-refractivity contribution is 6.30. The molecule has 1 fully saturated rings. The quantitative estimate of drug-likeness (QED) is 0.887. The molecule has 2 aromatic heterocycles. The number of nitrogens with one attached hydrogen (secondary N) is 1. The van der Waals surface area contributed by atoms with Crippen LogP contribution in [-0.4, -0.2) is 58.5 Å². The number of nitrogens with zero attached hydrogens (tertiary/aromatic N) is 5. The number of halogens is 1. The van der Waals surface area contributed by atoms with Gasteiger partial charge in [-0.3, -0.25) is 4.79 Å². The normalized spacial score (nSPS) is 14.5. The molecular weight excluding hydrogens is 328 g/mol. The summed E-state index contributed by atoms with van der Waals surface area (Å²) in [5, 5.41) is 3.72. The average Bonchev–Trinajstić information content (AvgIpc) is 2.64. The zero-order valence-electron chi connectivity index (χ0n) is 13.2. The van der Waals surface area contributed by atoms with Gasteiger partial charge in [-0.1, -0.05) is 11.6 Å². The van der Waals surface area contributed by atoms with Crippen molar-refractivity contribution in [3.05, 3.63) is 41.8 Å². The van der Waals surface area contributed by atoms with Crippen LogP contribution in [0.4, 0.5) is 11.8 Å². The summed E-state index contributed by atoms with van der Waals surface area (Å²) in [7, 11) is 0. The molecule has 1 N–H and O–H groups in total. The van der Waals surface area contributed by atoms with Crippen LogP contribution >= 0.6 is 11.6 Å². The Morgan fingerprint density at radius 2 is 1.88 bits per heavy atom. The fourth-order valence-corrected chi connectivity index (χ4v) is 2.66. The van der Waals surface area contributed by atoms with Gasteiger partial charge in [0.15, 0.2) is 0 Å². The van der Waals surface area contributed by atoms with Crippen molar-refractivity contribution in [1.82, 2.24) is 19.9 Å². The van der Waals surface area contributed by atoms with E-state index in [1.165, 1.54) is 0 Å². The number of amides is 1. The molecule has 0 saturated carbocycles. The molecule has 7 nitrogen and oxygen atoms in total. The molecule has 24 heavy (non-hydrogen) atoms. The van der Waals surface area contributed by atoms with Gasteiger partial charge in [0.1, 0.15) is 5.82 Å². The Balaban J connectivity index is 1.41. The second-order valence-corrected chi connectivity index (χ2v) is 5.89. The van der Waals surface area contributed by atoms with Crippen LogP contribution in [0.15, 0.2) is 36.8 Å². The summed E-state index contributed by atoms with van der Waals surface area (Å²) >= 11 is 5.79. The van der Waals surface area contributed by atoms with Crippen LogP contribution in [0.3, 0.4) is 0 Å². The summed E-state index contributed by atoms with van der Waals surface area (Å²) in [6.45, 7) is 3.44. The zero-order valence-corrected chi connectivity index (χ0v) is 14.0. The molecule has 0 aliphatic carbocycles. The minimum absolute atomic E-state index is 0.144. The highest BCUT2D eigenvalue weighted by atomic mass is 35.5. The van der Waals surface area contributed by atoms with Crippen molar-refractivity contribution in [2.45, 2.75) is 6.42 Å². The Morgan fingerprint density at radius 1 is 1.12 bits per heavy atom. The van der Waals surface area contributed by atoms with E-state index < -0.39 is 0 Å². The fraction of sp³-hybridized carbons (Fsp3) is 0.375. The summed E-state index contributed by atoms with van der Waals surface area (Å²) in [6.07, 6.45) is 5.48.